The fraction of sp³-hybridized carbons (Fsp3) is 0.333. The summed E-state index contributed by atoms with van der Waals surface area (Å²) in [4.78, 5) is 24.4. The van der Waals surface area contributed by atoms with Crippen molar-refractivity contribution in [3.05, 3.63) is 39.9 Å². The number of carboxylic acids is 1. The van der Waals surface area contributed by atoms with Crippen LogP contribution in [-0.4, -0.2) is 34.5 Å². The third-order valence-corrected chi connectivity index (χ3v) is 3.58. The second-order valence-electron chi connectivity index (χ2n) is 4.94. The maximum Gasteiger partial charge on any atom is 0.305 e. The number of carbonyl (C=O) groups excluding carboxylic acids is 1. The second kappa shape index (κ2) is 6.96. The van der Waals surface area contributed by atoms with Gasteiger partial charge in [-0.2, -0.15) is 0 Å². The van der Waals surface area contributed by atoms with Crippen molar-refractivity contribution >= 4 is 41.2 Å². The van der Waals surface area contributed by atoms with Gasteiger partial charge in [-0.25, -0.2) is 0 Å². The van der Waals surface area contributed by atoms with Gasteiger partial charge in [-0.3, -0.25) is 9.59 Å². The molecule has 6 heteroatoms. The molecule has 1 aromatic rings. The predicted molar refractivity (Wildman–Crippen MR) is 82.5 cm³/mol. The molecule has 1 aliphatic carbocycles. The standard InChI is InChI=1S/C15H15Cl2NO3/c16-11-7-10(8-12(17)9-11)1-4-14(19)18(13-2-3-13)6-5-15(20)21/h1,4,7-9,13H,2-3,5-6H2,(H,20,21)/b4-1+. The zero-order valence-corrected chi connectivity index (χ0v) is 12.8. The summed E-state index contributed by atoms with van der Waals surface area (Å²) in [7, 11) is 0. The van der Waals surface area contributed by atoms with Crippen LogP contribution in [0.25, 0.3) is 6.08 Å². The summed E-state index contributed by atoms with van der Waals surface area (Å²) in [6, 6.07) is 5.20. The number of carbonyl (C=O) groups is 2. The average Bonchev–Trinajstić information content (AvgIpc) is 3.19. The van der Waals surface area contributed by atoms with Gasteiger partial charge in [0.15, 0.2) is 0 Å². The topological polar surface area (TPSA) is 57.6 Å². The van der Waals surface area contributed by atoms with Crippen molar-refractivity contribution in [3.8, 4) is 0 Å². The van der Waals surface area contributed by atoms with E-state index in [-0.39, 0.29) is 24.9 Å². The molecule has 21 heavy (non-hydrogen) atoms. The highest BCUT2D eigenvalue weighted by atomic mass is 35.5. The van der Waals surface area contributed by atoms with E-state index in [4.69, 9.17) is 28.3 Å². The molecule has 1 amide bonds. The van der Waals surface area contributed by atoms with E-state index in [1.807, 2.05) is 0 Å². The minimum absolute atomic E-state index is 0.0426. The van der Waals surface area contributed by atoms with Crippen molar-refractivity contribution < 1.29 is 14.7 Å². The van der Waals surface area contributed by atoms with E-state index in [2.05, 4.69) is 0 Å². The number of rotatable bonds is 6. The van der Waals surface area contributed by atoms with Crippen LogP contribution in [0.4, 0.5) is 0 Å². The number of amides is 1. The first-order valence-electron chi connectivity index (χ1n) is 6.62. The Kier molecular flexibility index (Phi) is 5.26. The minimum Gasteiger partial charge on any atom is -0.481 e. The molecular weight excluding hydrogens is 313 g/mol. The summed E-state index contributed by atoms with van der Waals surface area (Å²) in [5, 5.41) is 9.73. The lowest BCUT2D eigenvalue weighted by Crippen LogP contribution is -2.33. The number of benzene rings is 1. The number of hydrogen-bond acceptors (Lipinski definition) is 2. The molecule has 1 fully saturated rings. The molecule has 2 rings (SSSR count). The van der Waals surface area contributed by atoms with Crippen molar-refractivity contribution in [3.63, 3.8) is 0 Å². The lowest BCUT2D eigenvalue weighted by molar-refractivity contribution is -0.138. The Bertz CT molecular complexity index is 562. The number of aliphatic carboxylic acids is 1. The summed E-state index contributed by atoms with van der Waals surface area (Å²) in [5.41, 5.74) is 0.731. The number of carboxylic acid groups (broad SMARTS) is 1. The van der Waals surface area contributed by atoms with Crippen LogP contribution >= 0.6 is 23.2 Å². The Balaban J connectivity index is 2.03. The van der Waals surface area contributed by atoms with Gasteiger partial charge in [-0.15, -0.1) is 0 Å². The molecule has 0 radical (unpaired) electrons. The van der Waals surface area contributed by atoms with Gasteiger partial charge in [0.1, 0.15) is 0 Å². The Labute approximate surface area is 133 Å². The van der Waals surface area contributed by atoms with Gasteiger partial charge in [0.25, 0.3) is 0 Å². The van der Waals surface area contributed by atoms with Gasteiger partial charge < -0.3 is 10.0 Å². The van der Waals surface area contributed by atoms with Crippen LogP contribution in [0.2, 0.25) is 10.0 Å². The molecule has 0 spiro atoms. The molecule has 0 unspecified atom stereocenters. The van der Waals surface area contributed by atoms with E-state index in [0.29, 0.717) is 10.0 Å². The molecule has 0 atom stereocenters. The first-order chi connectivity index (χ1) is 9.95. The zero-order chi connectivity index (χ0) is 15.4. The molecule has 0 bridgehead atoms. The van der Waals surface area contributed by atoms with Crippen molar-refractivity contribution in [1.82, 2.24) is 4.90 Å². The summed E-state index contributed by atoms with van der Waals surface area (Å²) in [5.74, 6) is -1.09. The van der Waals surface area contributed by atoms with E-state index >= 15 is 0 Å². The molecule has 1 N–H and O–H groups in total. The Morgan fingerprint density at radius 1 is 1.24 bits per heavy atom. The number of hydrogen-bond donors (Lipinski definition) is 1. The van der Waals surface area contributed by atoms with E-state index in [0.717, 1.165) is 18.4 Å². The van der Waals surface area contributed by atoms with Crippen LogP contribution in [0.5, 0.6) is 0 Å². The van der Waals surface area contributed by atoms with Crippen LogP contribution in [0.1, 0.15) is 24.8 Å². The molecular formula is C15H15Cl2NO3. The highest BCUT2D eigenvalue weighted by molar-refractivity contribution is 6.34. The van der Waals surface area contributed by atoms with Gasteiger partial charge in [0.05, 0.1) is 6.42 Å². The molecule has 1 saturated carbocycles. The van der Waals surface area contributed by atoms with Crippen molar-refractivity contribution in [2.24, 2.45) is 0 Å². The normalized spacial score (nSPS) is 14.4. The maximum absolute atomic E-state index is 12.2. The van der Waals surface area contributed by atoms with Gasteiger partial charge in [-0.1, -0.05) is 23.2 Å². The van der Waals surface area contributed by atoms with E-state index < -0.39 is 5.97 Å². The van der Waals surface area contributed by atoms with E-state index in [9.17, 15) is 9.59 Å². The quantitative estimate of drug-likeness (QED) is 0.814. The maximum atomic E-state index is 12.2. The third-order valence-electron chi connectivity index (χ3n) is 3.14. The minimum atomic E-state index is -0.904. The molecule has 1 aromatic carbocycles. The highest BCUT2D eigenvalue weighted by Gasteiger charge is 2.31. The Hall–Kier alpha value is -1.52. The molecule has 4 nitrogen and oxygen atoms in total. The molecule has 1 aliphatic rings. The zero-order valence-electron chi connectivity index (χ0n) is 11.3. The first kappa shape index (κ1) is 15.9. The van der Waals surface area contributed by atoms with Gasteiger partial charge in [0, 0.05) is 28.7 Å². The SMILES string of the molecule is O=C(O)CCN(C(=O)/C=C/c1cc(Cl)cc(Cl)c1)C1CC1. The monoisotopic (exact) mass is 327 g/mol. The van der Waals surface area contributed by atoms with Crippen LogP contribution in [0, 0.1) is 0 Å². The Morgan fingerprint density at radius 3 is 2.38 bits per heavy atom. The lowest BCUT2D eigenvalue weighted by atomic mass is 10.2. The summed E-state index contributed by atoms with van der Waals surface area (Å²) in [6.07, 6.45) is 4.89. The van der Waals surface area contributed by atoms with Crippen LogP contribution in [0.15, 0.2) is 24.3 Å². The highest BCUT2D eigenvalue weighted by Crippen LogP contribution is 2.27. The molecule has 0 saturated heterocycles. The van der Waals surface area contributed by atoms with Crippen LogP contribution in [0.3, 0.4) is 0 Å². The first-order valence-corrected chi connectivity index (χ1v) is 7.38. The molecule has 0 heterocycles. The average molecular weight is 328 g/mol. The largest absolute Gasteiger partial charge is 0.481 e. The van der Waals surface area contributed by atoms with Crippen LogP contribution in [-0.2, 0) is 9.59 Å². The van der Waals surface area contributed by atoms with Gasteiger partial charge >= 0.3 is 5.97 Å². The molecule has 0 aliphatic heterocycles. The second-order valence-corrected chi connectivity index (χ2v) is 5.82. The van der Waals surface area contributed by atoms with Crippen molar-refractivity contribution in [2.45, 2.75) is 25.3 Å². The third kappa shape index (κ3) is 5.06. The summed E-state index contributed by atoms with van der Waals surface area (Å²) in [6.45, 7) is 0.236. The number of halogens is 2. The van der Waals surface area contributed by atoms with E-state index in [1.54, 1.807) is 29.2 Å². The fourth-order valence-electron chi connectivity index (χ4n) is 2.01. The molecule has 0 aromatic heterocycles. The Morgan fingerprint density at radius 2 is 1.86 bits per heavy atom. The number of nitrogens with zero attached hydrogens (tertiary/aromatic N) is 1. The summed E-state index contributed by atoms with van der Waals surface area (Å²) < 4.78 is 0. The lowest BCUT2D eigenvalue weighted by Gasteiger charge is -2.19. The van der Waals surface area contributed by atoms with Crippen LogP contribution < -0.4 is 0 Å². The fourth-order valence-corrected chi connectivity index (χ4v) is 2.55. The molecule has 112 valence electrons. The van der Waals surface area contributed by atoms with Crippen molar-refractivity contribution in [2.75, 3.05) is 6.54 Å². The van der Waals surface area contributed by atoms with E-state index in [1.165, 1.54) is 6.08 Å². The van der Waals surface area contributed by atoms with Gasteiger partial charge in [-0.05, 0) is 42.7 Å². The summed E-state index contributed by atoms with van der Waals surface area (Å²) >= 11 is 11.8. The smallest absolute Gasteiger partial charge is 0.305 e. The van der Waals surface area contributed by atoms with Gasteiger partial charge in [0.2, 0.25) is 5.91 Å². The van der Waals surface area contributed by atoms with Crippen molar-refractivity contribution in [1.29, 1.82) is 0 Å². The predicted octanol–water partition coefficient (Wildman–Crippen LogP) is 3.47.